The standard InChI is InChI=1S/C23H32N4O5.HI/c1-5-24-23(27-14-12-26(13-15-27)22(28)19-7-6-16-32-19)25-11-10-17-8-9-18(29-2)21(31-4)20(17)30-3;/h6-9,16H,5,10-15H2,1-4H3,(H,24,25);1H. The van der Waals surface area contributed by atoms with Crippen LogP contribution >= 0.6 is 24.0 Å². The number of benzene rings is 1. The van der Waals surface area contributed by atoms with Crippen LogP contribution in [0.3, 0.4) is 0 Å². The van der Waals surface area contributed by atoms with E-state index in [4.69, 9.17) is 23.6 Å². The molecular formula is C23H33IN4O5. The molecule has 1 aliphatic heterocycles. The van der Waals surface area contributed by atoms with Crippen molar-refractivity contribution in [2.75, 3.05) is 60.6 Å². The molecule has 33 heavy (non-hydrogen) atoms. The van der Waals surface area contributed by atoms with Gasteiger partial charge in [-0.1, -0.05) is 6.07 Å². The Balaban J connectivity index is 0.00000385. The number of guanidine groups is 1. The summed E-state index contributed by atoms with van der Waals surface area (Å²) in [5.41, 5.74) is 0.999. The maximum absolute atomic E-state index is 12.5. The number of hydrogen-bond donors (Lipinski definition) is 1. The second kappa shape index (κ2) is 13.2. The van der Waals surface area contributed by atoms with Crippen molar-refractivity contribution in [3.63, 3.8) is 0 Å². The fraction of sp³-hybridized carbons (Fsp3) is 0.478. The first-order valence-electron chi connectivity index (χ1n) is 10.8. The van der Waals surface area contributed by atoms with E-state index >= 15 is 0 Å². The van der Waals surface area contributed by atoms with Crippen LogP contribution in [0, 0.1) is 0 Å². The van der Waals surface area contributed by atoms with E-state index in [0.717, 1.165) is 18.1 Å². The Kier molecular flexibility index (Phi) is 10.6. The average molecular weight is 572 g/mol. The van der Waals surface area contributed by atoms with Gasteiger partial charge in [-0.2, -0.15) is 0 Å². The zero-order valence-corrected chi connectivity index (χ0v) is 22.0. The highest BCUT2D eigenvalue weighted by molar-refractivity contribution is 14.0. The fourth-order valence-electron chi connectivity index (χ4n) is 3.75. The van der Waals surface area contributed by atoms with E-state index in [2.05, 4.69) is 10.2 Å². The minimum atomic E-state index is -0.0721. The van der Waals surface area contributed by atoms with Gasteiger partial charge in [-0.15, -0.1) is 24.0 Å². The van der Waals surface area contributed by atoms with Gasteiger partial charge in [-0.05, 0) is 31.5 Å². The number of ether oxygens (including phenoxy) is 3. The smallest absolute Gasteiger partial charge is 0.289 e. The van der Waals surface area contributed by atoms with Crippen molar-refractivity contribution in [2.45, 2.75) is 13.3 Å². The van der Waals surface area contributed by atoms with Crippen molar-refractivity contribution < 1.29 is 23.4 Å². The lowest BCUT2D eigenvalue weighted by Gasteiger charge is -2.36. The second-order valence-corrected chi connectivity index (χ2v) is 7.24. The Morgan fingerprint density at radius 3 is 2.30 bits per heavy atom. The van der Waals surface area contributed by atoms with Gasteiger partial charge < -0.3 is 33.7 Å². The molecule has 2 aromatic rings. The summed E-state index contributed by atoms with van der Waals surface area (Å²) >= 11 is 0. The topological polar surface area (TPSA) is 88.8 Å². The monoisotopic (exact) mass is 572 g/mol. The third-order valence-electron chi connectivity index (χ3n) is 5.36. The van der Waals surface area contributed by atoms with Crippen molar-refractivity contribution in [2.24, 2.45) is 4.99 Å². The van der Waals surface area contributed by atoms with Gasteiger partial charge in [-0.25, -0.2) is 0 Å². The number of amides is 1. The summed E-state index contributed by atoms with van der Waals surface area (Å²) in [7, 11) is 4.82. The van der Waals surface area contributed by atoms with Crippen LogP contribution in [-0.2, 0) is 6.42 Å². The first-order chi connectivity index (χ1) is 15.6. The summed E-state index contributed by atoms with van der Waals surface area (Å²) in [6, 6.07) is 7.28. The Morgan fingerprint density at radius 1 is 1.03 bits per heavy atom. The fourth-order valence-corrected chi connectivity index (χ4v) is 3.75. The van der Waals surface area contributed by atoms with E-state index < -0.39 is 0 Å². The van der Waals surface area contributed by atoms with Gasteiger partial charge >= 0.3 is 0 Å². The molecule has 1 N–H and O–H groups in total. The number of carbonyl (C=O) groups is 1. The number of methoxy groups -OCH3 is 3. The normalized spacial score (nSPS) is 13.9. The van der Waals surface area contributed by atoms with Gasteiger partial charge in [0, 0.05) is 44.8 Å². The minimum absolute atomic E-state index is 0. The van der Waals surface area contributed by atoms with Crippen LogP contribution < -0.4 is 19.5 Å². The predicted molar refractivity (Wildman–Crippen MR) is 137 cm³/mol. The van der Waals surface area contributed by atoms with Gasteiger partial charge in [0.05, 0.1) is 27.6 Å². The number of aliphatic imine (C=N–C) groups is 1. The third-order valence-corrected chi connectivity index (χ3v) is 5.36. The SMILES string of the molecule is CCNC(=NCCc1ccc(OC)c(OC)c1OC)N1CCN(C(=O)c2ccco2)CC1.I. The van der Waals surface area contributed by atoms with E-state index in [1.165, 1.54) is 6.26 Å². The molecule has 0 atom stereocenters. The molecule has 2 heterocycles. The Morgan fingerprint density at radius 2 is 1.73 bits per heavy atom. The van der Waals surface area contributed by atoms with Crippen LogP contribution in [0.25, 0.3) is 0 Å². The lowest BCUT2D eigenvalue weighted by atomic mass is 10.1. The average Bonchev–Trinajstić information content (AvgIpc) is 3.37. The summed E-state index contributed by atoms with van der Waals surface area (Å²) in [6.07, 6.45) is 2.21. The first kappa shape index (κ1) is 26.6. The van der Waals surface area contributed by atoms with Crippen LogP contribution in [0.2, 0.25) is 0 Å². The summed E-state index contributed by atoms with van der Waals surface area (Å²) < 4.78 is 21.6. The molecule has 0 bridgehead atoms. The lowest BCUT2D eigenvalue weighted by molar-refractivity contribution is 0.0657. The summed E-state index contributed by atoms with van der Waals surface area (Å²) in [6.45, 7) is 6.05. The maximum Gasteiger partial charge on any atom is 0.289 e. The number of rotatable bonds is 8. The molecule has 1 aliphatic rings. The van der Waals surface area contributed by atoms with Crippen molar-refractivity contribution in [3.05, 3.63) is 41.9 Å². The van der Waals surface area contributed by atoms with Gasteiger partial charge in [0.1, 0.15) is 0 Å². The van der Waals surface area contributed by atoms with Crippen molar-refractivity contribution in [1.29, 1.82) is 0 Å². The molecule has 0 radical (unpaired) electrons. The maximum atomic E-state index is 12.5. The molecule has 0 saturated carbocycles. The highest BCUT2D eigenvalue weighted by atomic mass is 127. The molecule has 182 valence electrons. The van der Waals surface area contributed by atoms with Crippen LogP contribution in [0.1, 0.15) is 23.0 Å². The Labute approximate surface area is 212 Å². The highest BCUT2D eigenvalue weighted by Gasteiger charge is 2.25. The Bertz CT molecular complexity index is 912. The number of piperazine rings is 1. The van der Waals surface area contributed by atoms with Crippen LogP contribution in [0.15, 0.2) is 39.9 Å². The van der Waals surface area contributed by atoms with E-state index in [1.54, 1.807) is 33.5 Å². The molecule has 0 aliphatic carbocycles. The molecular weight excluding hydrogens is 539 g/mol. The van der Waals surface area contributed by atoms with Gasteiger partial charge in [0.15, 0.2) is 23.2 Å². The number of furan rings is 1. The number of nitrogens with one attached hydrogen (secondary N) is 1. The van der Waals surface area contributed by atoms with Crippen molar-refractivity contribution in [1.82, 2.24) is 15.1 Å². The van der Waals surface area contributed by atoms with E-state index in [0.29, 0.717) is 62.2 Å². The number of nitrogens with zero attached hydrogens (tertiary/aromatic N) is 3. The molecule has 0 unspecified atom stereocenters. The number of hydrogen-bond acceptors (Lipinski definition) is 6. The summed E-state index contributed by atoms with van der Waals surface area (Å²) in [5.74, 6) is 3.03. The predicted octanol–water partition coefficient (Wildman–Crippen LogP) is 2.89. The van der Waals surface area contributed by atoms with Gasteiger partial charge in [0.2, 0.25) is 5.75 Å². The zero-order valence-electron chi connectivity index (χ0n) is 19.6. The molecule has 0 spiro atoms. The molecule has 1 amide bonds. The molecule has 1 fully saturated rings. The summed E-state index contributed by atoms with van der Waals surface area (Å²) in [5, 5.41) is 3.36. The zero-order chi connectivity index (χ0) is 22.9. The van der Waals surface area contributed by atoms with Gasteiger partial charge in [-0.3, -0.25) is 9.79 Å². The van der Waals surface area contributed by atoms with E-state index in [1.807, 2.05) is 24.0 Å². The third kappa shape index (κ3) is 6.46. The quantitative estimate of drug-likeness (QED) is 0.296. The molecule has 10 heteroatoms. The molecule has 1 saturated heterocycles. The number of halogens is 1. The van der Waals surface area contributed by atoms with Crippen LogP contribution in [0.5, 0.6) is 17.2 Å². The largest absolute Gasteiger partial charge is 0.493 e. The molecule has 9 nitrogen and oxygen atoms in total. The second-order valence-electron chi connectivity index (χ2n) is 7.24. The van der Waals surface area contributed by atoms with E-state index in [-0.39, 0.29) is 29.9 Å². The van der Waals surface area contributed by atoms with Crippen LogP contribution in [-0.4, -0.2) is 82.3 Å². The first-order valence-corrected chi connectivity index (χ1v) is 10.8. The molecule has 1 aromatic heterocycles. The van der Waals surface area contributed by atoms with E-state index in [9.17, 15) is 4.79 Å². The van der Waals surface area contributed by atoms with Crippen molar-refractivity contribution in [3.8, 4) is 17.2 Å². The number of carbonyl (C=O) groups excluding carboxylic acids is 1. The van der Waals surface area contributed by atoms with Crippen molar-refractivity contribution >= 4 is 35.8 Å². The highest BCUT2D eigenvalue weighted by Crippen LogP contribution is 2.39. The van der Waals surface area contributed by atoms with Crippen LogP contribution in [0.4, 0.5) is 0 Å². The minimum Gasteiger partial charge on any atom is -0.493 e. The lowest BCUT2D eigenvalue weighted by Crippen LogP contribution is -2.53. The Hall–Kier alpha value is -2.63. The molecule has 1 aromatic carbocycles. The van der Waals surface area contributed by atoms with Gasteiger partial charge in [0.25, 0.3) is 5.91 Å². The molecule has 3 rings (SSSR count). The summed E-state index contributed by atoms with van der Waals surface area (Å²) in [4.78, 5) is 21.3.